The van der Waals surface area contributed by atoms with Crippen molar-refractivity contribution in [2.45, 2.75) is 57.2 Å². The van der Waals surface area contributed by atoms with E-state index in [-0.39, 0.29) is 30.6 Å². The fourth-order valence-electron chi connectivity index (χ4n) is 5.18. The minimum absolute atomic E-state index is 0.00147. The number of nitrogens with zero attached hydrogens (tertiary/aromatic N) is 2. The Morgan fingerprint density at radius 1 is 0.976 bits per heavy atom. The van der Waals surface area contributed by atoms with Gasteiger partial charge in [-0.05, 0) is 54.3 Å². The van der Waals surface area contributed by atoms with Crippen LogP contribution in [0, 0.1) is 5.82 Å². The third kappa shape index (κ3) is 8.69. The second-order valence-corrected chi connectivity index (χ2v) is 13.3. The lowest BCUT2D eigenvalue weighted by atomic mass is 9.94. The molecule has 0 radical (unpaired) electrons. The third-order valence-corrected chi connectivity index (χ3v) is 9.08. The molecule has 11 heteroatoms. The molecule has 1 N–H and O–H groups in total. The minimum atomic E-state index is -4.00. The predicted octanol–water partition coefficient (Wildman–Crippen LogP) is 5.99. The number of sulfonamides is 1. The number of amides is 2. The first-order valence-corrected chi connectivity index (χ1v) is 16.4. The molecule has 0 aliphatic heterocycles. The average Bonchev–Trinajstić information content (AvgIpc) is 2.95. The van der Waals surface area contributed by atoms with E-state index in [0.29, 0.717) is 15.6 Å². The molecular formula is C31H34Cl2FN3O4S. The summed E-state index contributed by atoms with van der Waals surface area (Å²) in [6.45, 7) is -0.722. The maximum atomic E-state index is 14.1. The fraction of sp³-hybridized carbons (Fsp3) is 0.355. The van der Waals surface area contributed by atoms with Crippen LogP contribution in [-0.4, -0.2) is 50.0 Å². The molecule has 3 aromatic rings. The lowest BCUT2D eigenvalue weighted by Crippen LogP contribution is -2.55. The van der Waals surface area contributed by atoms with E-state index in [0.717, 1.165) is 54.3 Å². The van der Waals surface area contributed by atoms with Gasteiger partial charge in [0.05, 0.1) is 11.9 Å². The molecule has 42 heavy (non-hydrogen) atoms. The summed E-state index contributed by atoms with van der Waals surface area (Å²) in [5, 5.41) is 3.85. The first kappa shape index (κ1) is 31.8. The van der Waals surface area contributed by atoms with Crippen molar-refractivity contribution in [1.29, 1.82) is 0 Å². The fourth-order valence-corrected chi connectivity index (χ4v) is 6.49. The first-order chi connectivity index (χ1) is 20.0. The van der Waals surface area contributed by atoms with Crippen LogP contribution < -0.4 is 9.62 Å². The Morgan fingerprint density at radius 2 is 1.69 bits per heavy atom. The van der Waals surface area contributed by atoms with Crippen molar-refractivity contribution in [2.75, 3.05) is 17.1 Å². The highest BCUT2D eigenvalue weighted by atomic mass is 35.5. The van der Waals surface area contributed by atoms with E-state index in [2.05, 4.69) is 5.32 Å². The Hall–Kier alpha value is -3.14. The molecule has 224 valence electrons. The zero-order valence-electron chi connectivity index (χ0n) is 23.3. The van der Waals surface area contributed by atoms with Gasteiger partial charge in [-0.25, -0.2) is 12.8 Å². The molecule has 1 fully saturated rings. The van der Waals surface area contributed by atoms with E-state index in [1.54, 1.807) is 18.2 Å². The van der Waals surface area contributed by atoms with Gasteiger partial charge in [-0.3, -0.25) is 13.9 Å². The molecule has 0 heterocycles. The summed E-state index contributed by atoms with van der Waals surface area (Å²) >= 11 is 12.6. The van der Waals surface area contributed by atoms with Crippen LogP contribution >= 0.6 is 23.2 Å². The average molecular weight is 635 g/mol. The van der Waals surface area contributed by atoms with E-state index in [1.807, 2.05) is 30.3 Å². The van der Waals surface area contributed by atoms with Gasteiger partial charge in [-0.15, -0.1) is 0 Å². The molecule has 1 aliphatic rings. The summed E-state index contributed by atoms with van der Waals surface area (Å²) in [7, 11) is -4.00. The molecule has 4 rings (SSSR count). The number of rotatable bonds is 11. The lowest BCUT2D eigenvalue weighted by Gasteiger charge is -2.35. The summed E-state index contributed by atoms with van der Waals surface area (Å²) in [6.07, 6.45) is 5.96. The number of benzene rings is 3. The predicted molar refractivity (Wildman–Crippen MR) is 165 cm³/mol. The number of hydrogen-bond donors (Lipinski definition) is 1. The highest BCUT2D eigenvalue weighted by molar-refractivity contribution is 7.92. The monoisotopic (exact) mass is 633 g/mol. The smallest absolute Gasteiger partial charge is 0.244 e. The van der Waals surface area contributed by atoms with Gasteiger partial charge in [0.15, 0.2) is 0 Å². The molecule has 1 atom stereocenters. The van der Waals surface area contributed by atoms with Crippen LogP contribution in [0.2, 0.25) is 10.0 Å². The SMILES string of the molecule is CS(=O)(=O)N(CC(=O)N(Cc1ccc(Cl)cc1Cl)[C@H](Cc1ccccc1)C(=O)NC1CCCCC1)c1cccc(F)c1. The maximum absolute atomic E-state index is 14.1. The van der Waals surface area contributed by atoms with Gasteiger partial charge in [0.25, 0.3) is 0 Å². The second-order valence-electron chi connectivity index (χ2n) is 10.6. The van der Waals surface area contributed by atoms with Crippen LogP contribution in [0.3, 0.4) is 0 Å². The quantitative estimate of drug-likeness (QED) is 0.281. The molecule has 2 amide bonds. The number of nitrogens with one attached hydrogen (secondary N) is 1. The van der Waals surface area contributed by atoms with E-state index in [4.69, 9.17) is 23.2 Å². The number of carbonyl (C=O) groups is 2. The molecule has 0 saturated heterocycles. The van der Waals surface area contributed by atoms with Crippen molar-refractivity contribution in [2.24, 2.45) is 0 Å². The second kappa shape index (κ2) is 14.4. The molecule has 7 nitrogen and oxygen atoms in total. The van der Waals surface area contributed by atoms with Gasteiger partial charge in [-0.1, -0.05) is 84.9 Å². The Morgan fingerprint density at radius 3 is 2.33 bits per heavy atom. The van der Waals surface area contributed by atoms with Crippen molar-refractivity contribution >= 4 is 50.7 Å². The summed E-state index contributed by atoms with van der Waals surface area (Å²) in [6, 6.07) is 18.2. The summed E-state index contributed by atoms with van der Waals surface area (Å²) in [5.74, 6) is -1.62. The zero-order valence-corrected chi connectivity index (χ0v) is 25.6. The number of hydrogen-bond acceptors (Lipinski definition) is 4. The van der Waals surface area contributed by atoms with Crippen LogP contribution in [0.5, 0.6) is 0 Å². The number of anilines is 1. The summed E-state index contributed by atoms with van der Waals surface area (Å²) < 4.78 is 40.6. The molecular weight excluding hydrogens is 600 g/mol. The molecule has 0 unspecified atom stereocenters. The Balaban J connectivity index is 1.74. The first-order valence-electron chi connectivity index (χ1n) is 13.8. The molecule has 0 aromatic heterocycles. The van der Waals surface area contributed by atoms with Crippen molar-refractivity contribution in [3.63, 3.8) is 0 Å². The van der Waals surface area contributed by atoms with Crippen LogP contribution in [0.25, 0.3) is 0 Å². The van der Waals surface area contributed by atoms with Crippen LogP contribution in [0.1, 0.15) is 43.2 Å². The molecule has 1 aliphatic carbocycles. The van der Waals surface area contributed by atoms with Gasteiger partial charge in [-0.2, -0.15) is 0 Å². The standard InChI is InChI=1S/C31H34Cl2FN3O4S/c1-42(40,41)37(27-14-8-11-25(34)19-27)21-30(38)36(20-23-15-16-24(32)18-28(23)33)29(17-22-9-4-2-5-10-22)31(39)35-26-12-6-3-7-13-26/h2,4-5,8-11,14-16,18-19,26,29H,3,6-7,12-13,17,20-21H2,1H3,(H,35,39)/t29-/m1/s1. The molecule has 1 saturated carbocycles. The van der Waals surface area contributed by atoms with Gasteiger partial charge < -0.3 is 10.2 Å². The largest absolute Gasteiger partial charge is 0.352 e. The van der Waals surface area contributed by atoms with Gasteiger partial charge in [0.1, 0.15) is 18.4 Å². The third-order valence-electron chi connectivity index (χ3n) is 7.35. The minimum Gasteiger partial charge on any atom is -0.352 e. The highest BCUT2D eigenvalue weighted by Crippen LogP contribution is 2.26. The Kier molecular flexibility index (Phi) is 10.9. The van der Waals surface area contributed by atoms with E-state index in [1.165, 1.54) is 23.1 Å². The molecule has 0 bridgehead atoms. The van der Waals surface area contributed by atoms with Gasteiger partial charge in [0, 0.05) is 29.1 Å². The van der Waals surface area contributed by atoms with Crippen molar-refractivity contribution < 1.29 is 22.4 Å². The van der Waals surface area contributed by atoms with Crippen molar-refractivity contribution in [3.8, 4) is 0 Å². The zero-order chi connectivity index (χ0) is 30.3. The van der Waals surface area contributed by atoms with Gasteiger partial charge in [0.2, 0.25) is 21.8 Å². The van der Waals surface area contributed by atoms with Crippen LogP contribution in [0.4, 0.5) is 10.1 Å². The van der Waals surface area contributed by atoms with Crippen molar-refractivity contribution in [1.82, 2.24) is 10.2 Å². The van der Waals surface area contributed by atoms with E-state index in [9.17, 15) is 22.4 Å². The van der Waals surface area contributed by atoms with Crippen molar-refractivity contribution in [3.05, 3.63) is 99.8 Å². The van der Waals surface area contributed by atoms with Crippen LogP contribution in [0.15, 0.2) is 72.8 Å². The summed E-state index contributed by atoms with van der Waals surface area (Å²) in [5.41, 5.74) is 1.36. The molecule has 0 spiro atoms. The highest BCUT2D eigenvalue weighted by Gasteiger charge is 2.34. The number of halogens is 3. The maximum Gasteiger partial charge on any atom is 0.244 e. The van der Waals surface area contributed by atoms with Crippen LogP contribution in [-0.2, 0) is 32.6 Å². The Labute approximate surface area is 256 Å². The topological polar surface area (TPSA) is 86.8 Å². The normalized spacial score (nSPS) is 14.7. The Bertz CT molecular complexity index is 1500. The molecule has 3 aromatic carbocycles. The summed E-state index contributed by atoms with van der Waals surface area (Å²) in [4.78, 5) is 29.5. The van der Waals surface area contributed by atoms with E-state index < -0.39 is 34.3 Å². The lowest BCUT2D eigenvalue weighted by molar-refractivity contribution is -0.140. The van der Waals surface area contributed by atoms with E-state index >= 15 is 0 Å². The number of carbonyl (C=O) groups excluding carboxylic acids is 2. The van der Waals surface area contributed by atoms with Gasteiger partial charge >= 0.3 is 0 Å².